The van der Waals surface area contributed by atoms with Crippen molar-refractivity contribution in [2.75, 3.05) is 10.6 Å². The van der Waals surface area contributed by atoms with Gasteiger partial charge in [-0.05, 0) is 49.7 Å². The molecule has 1 aliphatic rings. The average Bonchev–Trinajstić information content (AvgIpc) is 2.51. The molecule has 0 fully saturated rings. The molecule has 118 valence electrons. The van der Waals surface area contributed by atoms with Crippen LogP contribution in [0.1, 0.15) is 12.5 Å². The van der Waals surface area contributed by atoms with E-state index in [2.05, 4.69) is 15.6 Å². The summed E-state index contributed by atoms with van der Waals surface area (Å²) in [5, 5.41) is 5.14. The molecule has 3 rings (SSSR count). The lowest BCUT2D eigenvalue weighted by Crippen LogP contribution is -2.56. The molecule has 2 heterocycles. The molecule has 0 bridgehead atoms. The van der Waals surface area contributed by atoms with Gasteiger partial charge in [0.05, 0.1) is 0 Å². The number of aromatic nitrogens is 1. The first-order valence-electron chi connectivity index (χ1n) is 6.93. The van der Waals surface area contributed by atoms with Crippen LogP contribution in [-0.2, 0) is 9.59 Å². The predicted molar refractivity (Wildman–Crippen MR) is 81.7 cm³/mol. The fourth-order valence-electron chi connectivity index (χ4n) is 2.22. The first kappa shape index (κ1) is 15.0. The zero-order valence-electron chi connectivity index (χ0n) is 12.5. The van der Waals surface area contributed by atoms with E-state index in [4.69, 9.17) is 4.74 Å². The maximum atomic E-state index is 13.1. The lowest BCUT2D eigenvalue weighted by Gasteiger charge is -2.32. The van der Waals surface area contributed by atoms with Gasteiger partial charge in [0, 0.05) is 11.9 Å². The number of anilines is 2. The van der Waals surface area contributed by atoms with Gasteiger partial charge in [-0.3, -0.25) is 9.59 Å². The van der Waals surface area contributed by atoms with Crippen LogP contribution in [0.4, 0.5) is 15.9 Å². The molecule has 1 aliphatic heterocycles. The number of benzene rings is 1. The van der Waals surface area contributed by atoms with Gasteiger partial charge in [0.15, 0.2) is 11.6 Å². The van der Waals surface area contributed by atoms with Gasteiger partial charge >= 0.3 is 0 Å². The Kier molecular flexibility index (Phi) is 3.48. The normalized spacial score (nSPS) is 19.3. The van der Waals surface area contributed by atoms with Crippen LogP contribution in [0.5, 0.6) is 5.75 Å². The van der Waals surface area contributed by atoms with Crippen LogP contribution in [-0.4, -0.2) is 22.4 Å². The van der Waals surface area contributed by atoms with Crippen LogP contribution in [0, 0.1) is 12.7 Å². The number of pyridine rings is 1. The van der Waals surface area contributed by atoms with Crippen LogP contribution in [0.15, 0.2) is 36.5 Å². The Morgan fingerprint density at radius 1 is 1.39 bits per heavy atom. The number of aryl methyl sites for hydroxylation is 1. The van der Waals surface area contributed by atoms with E-state index in [1.165, 1.54) is 31.3 Å². The van der Waals surface area contributed by atoms with Crippen LogP contribution < -0.4 is 15.4 Å². The zero-order chi connectivity index (χ0) is 16.6. The first-order valence-corrected chi connectivity index (χ1v) is 6.93. The third kappa shape index (κ3) is 2.61. The molecule has 1 aromatic carbocycles. The van der Waals surface area contributed by atoms with Crippen molar-refractivity contribution >= 4 is 23.3 Å². The van der Waals surface area contributed by atoms with Crippen molar-refractivity contribution in [2.24, 2.45) is 0 Å². The van der Waals surface area contributed by atoms with Gasteiger partial charge in [0.25, 0.3) is 17.4 Å². The van der Waals surface area contributed by atoms with E-state index in [-0.39, 0.29) is 5.82 Å². The highest BCUT2D eigenvalue weighted by molar-refractivity contribution is 6.18. The van der Waals surface area contributed by atoms with Gasteiger partial charge in [0.2, 0.25) is 0 Å². The monoisotopic (exact) mass is 315 g/mol. The molecule has 0 saturated heterocycles. The number of rotatable bonds is 2. The summed E-state index contributed by atoms with van der Waals surface area (Å²) in [7, 11) is 0. The Labute approximate surface area is 131 Å². The molecule has 2 amide bonds. The number of ether oxygens (including phenoxy) is 1. The second-order valence-electron chi connectivity index (χ2n) is 5.35. The number of carbonyl (C=O) groups is 2. The van der Waals surface area contributed by atoms with Gasteiger partial charge in [-0.15, -0.1) is 0 Å². The Morgan fingerprint density at radius 3 is 2.91 bits per heavy atom. The van der Waals surface area contributed by atoms with Crippen molar-refractivity contribution in [1.82, 2.24) is 4.98 Å². The highest BCUT2D eigenvalue weighted by atomic mass is 19.1. The van der Waals surface area contributed by atoms with Crippen molar-refractivity contribution in [1.29, 1.82) is 0 Å². The minimum absolute atomic E-state index is 0.265. The fourth-order valence-corrected chi connectivity index (χ4v) is 2.22. The molecule has 0 aliphatic carbocycles. The van der Waals surface area contributed by atoms with Gasteiger partial charge in [-0.2, -0.15) is 0 Å². The topological polar surface area (TPSA) is 80.3 Å². The Balaban J connectivity index is 1.88. The number of nitrogens with zero attached hydrogens (tertiary/aromatic N) is 1. The molecule has 1 unspecified atom stereocenters. The fraction of sp³-hybridized carbons (Fsp3) is 0.188. The first-order chi connectivity index (χ1) is 10.9. The summed E-state index contributed by atoms with van der Waals surface area (Å²) in [6, 6.07) is 7.20. The van der Waals surface area contributed by atoms with Crippen LogP contribution >= 0.6 is 0 Å². The summed E-state index contributed by atoms with van der Waals surface area (Å²) in [6.45, 7) is 3.02. The van der Waals surface area contributed by atoms with Crippen molar-refractivity contribution in [3.8, 4) is 5.75 Å². The lowest BCUT2D eigenvalue weighted by atomic mass is 10.0. The predicted octanol–water partition coefficient (Wildman–Crippen LogP) is 2.26. The number of hydrogen-bond acceptors (Lipinski definition) is 4. The molecule has 1 atom stereocenters. The highest BCUT2D eigenvalue weighted by Gasteiger charge is 2.47. The van der Waals surface area contributed by atoms with Crippen molar-refractivity contribution in [3.05, 3.63) is 47.9 Å². The number of nitrogens with one attached hydrogen (secondary N) is 2. The zero-order valence-corrected chi connectivity index (χ0v) is 12.5. The van der Waals surface area contributed by atoms with E-state index in [0.717, 1.165) is 0 Å². The number of hydrogen-bond donors (Lipinski definition) is 2. The number of halogens is 1. The standard InChI is InChI=1S/C16H14FN3O3/c1-9-8-10(17)5-6-11(9)19-14(21)16(2)15(22)20-13-12(23-16)4-3-7-18-13/h3-8H,1-2H3,(H,19,21)(H,18,20,22). The summed E-state index contributed by atoms with van der Waals surface area (Å²) in [4.78, 5) is 28.8. The summed E-state index contributed by atoms with van der Waals surface area (Å²) in [6.07, 6.45) is 1.51. The molecule has 2 aromatic rings. The van der Waals surface area contributed by atoms with E-state index >= 15 is 0 Å². The summed E-state index contributed by atoms with van der Waals surface area (Å²) in [5.41, 5.74) is -0.803. The van der Waals surface area contributed by atoms with Crippen molar-refractivity contribution in [3.63, 3.8) is 0 Å². The van der Waals surface area contributed by atoms with Gasteiger partial charge < -0.3 is 15.4 Å². The summed E-state index contributed by atoms with van der Waals surface area (Å²) in [5.74, 6) is -1.11. The molecule has 6 nitrogen and oxygen atoms in total. The second kappa shape index (κ2) is 5.35. The molecule has 2 N–H and O–H groups in total. The van der Waals surface area contributed by atoms with E-state index in [0.29, 0.717) is 17.0 Å². The molecule has 7 heteroatoms. The third-order valence-corrected chi connectivity index (χ3v) is 3.62. The van der Waals surface area contributed by atoms with E-state index in [1.54, 1.807) is 19.1 Å². The Morgan fingerprint density at radius 2 is 2.17 bits per heavy atom. The van der Waals surface area contributed by atoms with Gasteiger partial charge in [-0.25, -0.2) is 9.37 Å². The maximum absolute atomic E-state index is 13.1. The second-order valence-corrected chi connectivity index (χ2v) is 5.35. The number of fused-ring (bicyclic) bond motifs is 1. The summed E-state index contributed by atoms with van der Waals surface area (Å²) < 4.78 is 18.7. The van der Waals surface area contributed by atoms with Gasteiger partial charge in [-0.1, -0.05) is 0 Å². The highest BCUT2D eigenvalue weighted by Crippen LogP contribution is 2.32. The molecule has 0 spiro atoms. The number of carbonyl (C=O) groups excluding carboxylic acids is 2. The smallest absolute Gasteiger partial charge is 0.279 e. The van der Waals surface area contributed by atoms with Crippen LogP contribution in [0.3, 0.4) is 0 Å². The van der Waals surface area contributed by atoms with E-state index < -0.39 is 23.2 Å². The van der Waals surface area contributed by atoms with Crippen molar-refractivity contribution < 1.29 is 18.7 Å². The molecule has 0 saturated carbocycles. The Hall–Kier alpha value is -2.96. The quantitative estimate of drug-likeness (QED) is 0.833. The maximum Gasteiger partial charge on any atom is 0.279 e. The largest absolute Gasteiger partial charge is 0.464 e. The minimum atomic E-state index is -1.75. The molecule has 23 heavy (non-hydrogen) atoms. The SMILES string of the molecule is Cc1cc(F)ccc1NC(=O)C1(C)Oc2cccnc2NC1=O. The summed E-state index contributed by atoms with van der Waals surface area (Å²) >= 11 is 0. The number of amides is 2. The van der Waals surface area contributed by atoms with E-state index in [9.17, 15) is 14.0 Å². The van der Waals surface area contributed by atoms with E-state index in [1.807, 2.05) is 0 Å². The molecular formula is C16H14FN3O3. The molecule has 1 aromatic heterocycles. The van der Waals surface area contributed by atoms with Crippen molar-refractivity contribution in [2.45, 2.75) is 19.4 Å². The Bertz CT molecular complexity index is 809. The lowest BCUT2D eigenvalue weighted by molar-refractivity contribution is -0.143. The molecular weight excluding hydrogens is 301 g/mol. The van der Waals surface area contributed by atoms with Gasteiger partial charge in [0.1, 0.15) is 5.82 Å². The molecule has 0 radical (unpaired) electrons. The third-order valence-electron chi connectivity index (χ3n) is 3.62. The van der Waals surface area contributed by atoms with Crippen LogP contribution in [0.25, 0.3) is 0 Å². The van der Waals surface area contributed by atoms with Crippen LogP contribution in [0.2, 0.25) is 0 Å². The minimum Gasteiger partial charge on any atom is -0.464 e. The average molecular weight is 315 g/mol.